The Balaban J connectivity index is 1.42. The normalized spacial score (nSPS) is 16.7. The summed E-state index contributed by atoms with van der Waals surface area (Å²) < 4.78 is 5.63. The number of benzene rings is 2. The number of aryl methyl sites for hydroxylation is 1. The molecule has 1 aliphatic carbocycles. The Morgan fingerprint density at radius 3 is 2.57 bits per heavy atom. The van der Waals surface area contributed by atoms with E-state index in [-0.39, 0.29) is 17.7 Å². The Labute approximate surface area is 249 Å². The van der Waals surface area contributed by atoms with Crippen molar-refractivity contribution in [3.8, 4) is 28.3 Å². The van der Waals surface area contributed by atoms with Crippen molar-refractivity contribution in [2.24, 2.45) is 0 Å². The molecule has 42 heavy (non-hydrogen) atoms. The second kappa shape index (κ2) is 12.9. The molecule has 2 aromatic heterocycles. The second-order valence-electron chi connectivity index (χ2n) is 10.6. The minimum atomic E-state index is -0.548. The molecule has 4 N–H and O–H groups in total. The number of hydrogen-bond donors (Lipinski definition) is 4. The summed E-state index contributed by atoms with van der Waals surface area (Å²) in [5.74, 6) is -0.0193. The van der Waals surface area contributed by atoms with Gasteiger partial charge in [0, 0.05) is 35.0 Å². The van der Waals surface area contributed by atoms with Gasteiger partial charge >= 0.3 is 0 Å². The molecule has 4 aromatic rings. The number of nitrogens with one attached hydrogen (secondary N) is 3. The summed E-state index contributed by atoms with van der Waals surface area (Å²) >= 11 is 7.00. The van der Waals surface area contributed by atoms with Crippen LogP contribution in [0.15, 0.2) is 59.5 Å². The maximum Gasteiger partial charge on any atom is 0.277 e. The van der Waals surface area contributed by atoms with Crippen molar-refractivity contribution in [2.45, 2.75) is 58.2 Å². The third-order valence-corrected chi connectivity index (χ3v) is 8.24. The third-order valence-electron chi connectivity index (χ3n) is 7.84. The smallest absolute Gasteiger partial charge is 0.277 e. The number of amides is 1. The highest BCUT2D eigenvalue weighted by Crippen LogP contribution is 2.39. The van der Waals surface area contributed by atoms with Crippen LogP contribution in [-0.4, -0.2) is 45.5 Å². The van der Waals surface area contributed by atoms with Crippen molar-refractivity contribution in [3.05, 3.63) is 92.4 Å². The number of aromatic amines is 1. The fraction of sp³-hybridized carbons (Fsp3) is 0.312. The molecule has 2 heterocycles. The Hall–Kier alpha value is -4.05. The number of aromatic nitrogens is 3. The van der Waals surface area contributed by atoms with Crippen LogP contribution in [0.3, 0.4) is 0 Å². The van der Waals surface area contributed by atoms with Gasteiger partial charge < -0.3 is 20.5 Å². The number of aliphatic hydroxyl groups is 1. The van der Waals surface area contributed by atoms with Crippen LogP contribution in [0.4, 0.5) is 5.69 Å². The van der Waals surface area contributed by atoms with Crippen LogP contribution >= 0.6 is 11.6 Å². The first-order valence-corrected chi connectivity index (χ1v) is 14.4. The first-order chi connectivity index (χ1) is 20.3. The summed E-state index contributed by atoms with van der Waals surface area (Å²) in [6, 6.07) is 15.2. The monoisotopic (exact) mass is 587 g/mol. The van der Waals surface area contributed by atoms with Gasteiger partial charge in [0.2, 0.25) is 5.88 Å². The van der Waals surface area contributed by atoms with E-state index in [2.05, 4.69) is 20.8 Å². The van der Waals surface area contributed by atoms with Crippen molar-refractivity contribution in [3.63, 3.8) is 0 Å². The molecule has 0 saturated heterocycles. The number of methoxy groups -OCH3 is 1. The quantitative estimate of drug-likeness (QED) is 0.216. The van der Waals surface area contributed by atoms with Crippen LogP contribution in [0, 0.1) is 13.8 Å². The molecule has 0 radical (unpaired) electrons. The lowest BCUT2D eigenvalue weighted by Crippen LogP contribution is -2.41. The molecule has 0 aliphatic heterocycles. The van der Waals surface area contributed by atoms with E-state index in [1.54, 1.807) is 20.1 Å². The highest BCUT2D eigenvalue weighted by molar-refractivity contribution is 6.36. The number of carbonyl (C=O) groups excluding carboxylic acids is 1. The predicted octanol–water partition coefficient (Wildman–Crippen LogP) is 5.42. The number of carbonyl (C=O) groups is 1. The van der Waals surface area contributed by atoms with Gasteiger partial charge in [-0.1, -0.05) is 60.8 Å². The molecule has 2 atom stereocenters. The van der Waals surface area contributed by atoms with Crippen molar-refractivity contribution in [1.29, 1.82) is 0 Å². The lowest BCUT2D eigenvalue weighted by molar-refractivity contribution is 0.0901. The summed E-state index contributed by atoms with van der Waals surface area (Å²) in [6.45, 7) is 4.09. The van der Waals surface area contributed by atoms with Gasteiger partial charge in [-0.2, -0.15) is 5.10 Å². The van der Waals surface area contributed by atoms with E-state index in [4.69, 9.17) is 21.3 Å². The number of rotatable bonds is 8. The van der Waals surface area contributed by atoms with Crippen molar-refractivity contribution in [1.82, 2.24) is 20.5 Å². The van der Waals surface area contributed by atoms with E-state index in [0.717, 1.165) is 53.5 Å². The number of aliphatic hydroxyl groups excluding tert-OH is 1. The maximum absolute atomic E-state index is 13.0. The predicted molar refractivity (Wildman–Crippen MR) is 164 cm³/mol. The number of ether oxygens (including phenoxy) is 1. The first-order valence-electron chi connectivity index (χ1n) is 14.0. The summed E-state index contributed by atoms with van der Waals surface area (Å²) in [6.07, 6.45) is 5.04. The molecule has 2 aromatic carbocycles. The SMILES string of the molecule is COc1nc(-c2cccc(-c3cccc(NC(=O)c4c(C)cn[nH]c4=O)c3C)c2Cl)ccc1CN[C@@H]1CCCC[C@@H]1O. The van der Waals surface area contributed by atoms with Gasteiger partial charge in [-0.05, 0) is 55.5 Å². The van der Waals surface area contributed by atoms with Crippen molar-refractivity contribution >= 4 is 23.2 Å². The highest BCUT2D eigenvalue weighted by atomic mass is 35.5. The fourth-order valence-corrected chi connectivity index (χ4v) is 5.80. The molecule has 0 spiro atoms. The van der Waals surface area contributed by atoms with Crippen molar-refractivity contribution in [2.75, 3.05) is 12.4 Å². The van der Waals surface area contributed by atoms with Crippen LogP contribution in [0.25, 0.3) is 22.4 Å². The molecule has 1 fully saturated rings. The minimum absolute atomic E-state index is 0.0171. The largest absolute Gasteiger partial charge is 0.481 e. The molecule has 10 heteroatoms. The van der Waals surface area contributed by atoms with Crippen molar-refractivity contribution < 1.29 is 14.6 Å². The number of halogens is 1. The topological polar surface area (TPSA) is 129 Å². The average molecular weight is 588 g/mol. The van der Waals surface area contributed by atoms with Gasteiger partial charge in [-0.25, -0.2) is 10.1 Å². The number of anilines is 1. The van der Waals surface area contributed by atoms with Gasteiger partial charge in [0.25, 0.3) is 11.5 Å². The summed E-state index contributed by atoms with van der Waals surface area (Å²) in [4.78, 5) is 30.0. The Bertz CT molecular complexity index is 1670. The second-order valence-corrected chi connectivity index (χ2v) is 10.9. The highest BCUT2D eigenvalue weighted by Gasteiger charge is 2.23. The number of hydrogen-bond acceptors (Lipinski definition) is 7. The minimum Gasteiger partial charge on any atom is -0.481 e. The lowest BCUT2D eigenvalue weighted by Gasteiger charge is -2.28. The number of H-pyrrole nitrogens is 1. The summed E-state index contributed by atoms with van der Waals surface area (Å²) in [5, 5.41) is 23.2. The van der Waals surface area contributed by atoms with Gasteiger partial charge in [0.1, 0.15) is 5.56 Å². The molecule has 1 aliphatic rings. The first kappa shape index (κ1) is 29.4. The molecule has 9 nitrogen and oxygen atoms in total. The number of pyridine rings is 1. The molecule has 0 unspecified atom stereocenters. The van der Waals surface area contributed by atoms with E-state index in [1.165, 1.54) is 6.20 Å². The molecule has 0 bridgehead atoms. The van der Waals surface area contributed by atoms with E-state index in [1.807, 2.05) is 49.4 Å². The molecule has 1 amide bonds. The molecule has 5 rings (SSSR count). The van der Waals surface area contributed by atoms with Crippen LogP contribution < -0.4 is 20.9 Å². The van der Waals surface area contributed by atoms with Gasteiger partial charge in [0.05, 0.1) is 30.1 Å². The maximum atomic E-state index is 13.0. The van der Waals surface area contributed by atoms with E-state index in [0.29, 0.717) is 34.4 Å². The summed E-state index contributed by atoms with van der Waals surface area (Å²) in [5.41, 5.74) is 5.22. The fourth-order valence-electron chi connectivity index (χ4n) is 5.48. The Morgan fingerprint density at radius 2 is 1.81 bits per heavy atom. The van der Waals surface area contributed by atoms with E-state index < -0.39 is 11.5 Å². The molecular formula is C32H34ClN5O4. The van der Waals surface area contributed by atoms with Gasteiger partial charge in [-0.15, -0.1) is 0 Å². The zero-order valence-corrected chi connectivity index (χ0v) is 24.6. The van der Waals surface area contributed by atoms with Crippen LogP contribution in [-0.2, 0) is 6.54 Å². The van der Waals surface area contributed by atoms with Crippen LogP contribution in [0.1, 0.15) is 52.7 Å². The zero-order valence-electron chi connectivity index (χ0n) is 23.8. The van der Waals surface area contributed by atoms with Gasteiger partial charge in [0.15, 0.2) is 0 Å². The Kier molecular flexibility index (Phi) is 9.01. The zero-order chi connectivity index (χ0) is 29.8. The lowest BCUT2D eigenvalue weighted by atomic mass is 9.92. The third kappa shape index (κ3) is 6.09. The Morgan fingerprint density at radius 1 is 1.07 bits per heavy atom. The van der Waals surface area contributed by atoms with Crippen LogP contribution in [0.2, 0.25) is 5.02 Å². The van der Waals surface area contributed by atoms with Crippen LogP contribution in [0.5, 0.6) is 5.88 Å². The summed E-state index contributed by atoms with van der Waals surface area (Å²) in [7, 11) is 1.59. The van der Waals surface area contributed by atoms with E-state index >= 15 is 0 Å². The molecule has 218 valence electrons. The molecular weight excluding hydrogens is 554 g/mol. The van der Waals surface area contributed by atoms with E-state index in [9.17, 15) is 14.7 Å². The van der Waals surface area contributed by atoms with Gasteiger partial charge in [-0.3, -0.25) is 9.59 Å². The average Bonchev–Trinajstić information content (AvgIpc) is 2.98. The standard InChI is InChI=1S/C32H34ClN5O4/c1-18-16-35-38-31(41)28(18)30(40)36-24-12-7-8-21(19(24)2)22-9-6-10-23(29(22)33)25-15-14-20(32(37-25)42-3)17-34-26-11-4-5-13-27(26)39/h6-10,12,14-16,26-27,34,39H,4-5,11,13,17H2,1-3H3,(H,36,40)(H,38,41)/t26-,27+/m1/s1. The molecule has 1 saturated carbocycles. The number of nitrogens with zero attached hydrogens (tertiary/aromatic N) is 2.